The fourth-order valence-electron chi connectivity index (χ4n) is 4.37. The summed E-state index contributed by atoms with van der Waals surface area (Å²) in [4.78, 5) is 0. The molecule has 0 unspecified atom stereocenters. The van der Waals surface area contributed by atoms with Crippen molar-refractivity contribution in [1.82, 2.24) is 0 Å². The molecule has 1 aromatic carbocycles. The van der Waals surface area contributed by atoms with Gasteiger partial charge in [0, 0.05) is 0 Å². The van der Waals surface area contributed by atoms with E-state index in [1.165, 1.54) is 0 Å². The van der Waals surface area contributed by atoms with E-state index in [1.54, 1.807) is 4.40 Å². The molecular weight excluding hydrogens is 437 g/mol. The summed E-state index contributed by atoms with van der Waals surface area (Å²) < 4.78 is 1.77. The van der Waals surface area contributed by atoms with E-state index < -0.39 is 36.7 Å². The Hall–Kier alpha value is 1.68. The van der Waals surface area contributed by atoms with Crippen molar-refractivity contribution in [3.05, 3.63) is 30.3 Å². The van der Waals surface area contributed by atoms with E-state index in [9.17, 15) is 0 Å². The van der Waals surface area contributed by atoms with Gasteiger partial charge in [0.2, 0.25) is 0 Å². The van der Waals surface area contributed by atoms with Gasteiger partial charge >= 0.3 is 146 Å². The first-order chi connectivity index (χ1) is 9.48. The predicted octanol–water partition coefficient (Wildman–Crippen LogP) is 4.99. The van der Waals surface area contributed by atoms with Gasteiger partial charge < -0.3 is 0 Å². The molecule has 3 aliphatic rings. The molecule has 0 N–H and O–H groups in total. The van der Waals surface area contributed by atoms with Gasteiger partial charge in [-0.15, -0.1) is 0 Å². The Bertz CT molecular complexity index is 528. The van der Waals surface area contributed by atoms with Gasteiger partial charge in [0.15, 0.2) is 0 Å². The molecule has 2 bridgehead atoms. The Morgan fingerprint density at radius 3 is 1.43 bits per heavy atom. The molecule has 8 heteroatoms. The fourth-order valence-corrected chi connectivity index (χ4v) is 378. The molecule has 0 radical (unpaired) electrons. The predicted molar refractivity (Wildman–Crippen MR) is 119 cm³/mol. The fraction of sp³-hybridized carbons (Fsp3) is 0.538. The van der Waals surface area contributed by atoms with E-state index in [1.807, 2.05) is 0 Å². The van der Waals surface area contributed by atoms with Crippen molar-refractivity contribution < 1.29 is 0 Å². The van der Waals surface area contributed by atoms with Gasteiger partial charge in [-0.2, -0.15) is 0 Å². The Morgan fingerprint density at radius 1 is 0.667 bits per heavy atom. The molecule has 4 rings (SSSR count). The summed E-state index contributed by atoms with van der Waals surface area (Å²) in [5.41, 5.74) is 0. The van der Waals surface area contributed by atoms with Crippen LogP contribution in [0, 0.1) is 0 Å². The van der Waals surface area contributed by atoms with Crippen LogP contribution in [0.5, 0.6) is 0 Å². The van der Waals surface area contributed by atoms with E-state index in [2.05, 4.69) is 105 Å². The second kappa shape index (κ2) is 5.09. The molecule has 3 fully saturated rings. The molecule has 1 aromatic rings. The van der Waals surface area contributed by atoms with Crippen LogP contribution in [0.4, 0.5) is 0 Å². The SMILES string of the molecule is C[Si]1(C)[S][Ge]2([c]3ccccc3)[S][Si](C)(C)[Si]1(C)[Si](C)(C)[S]2. The van der Waals surface area contributed by atoms with Crippen molar-refractivity contribution in [2.24, 2.45) is 0 Å². The molecule has 0 atom stereocenters. The second-order valence-electron chi connectivity index (χ2n) is 7.88. The average molecular weight is 464 g/mol. The standard InChI is InChI=1S/C13H26GeS3Si4/c1-18(2)15-14(13-11-9-8-10-12-13)16-19(3,4)21(18,7)20(5,6)17-14/h8-12H,1-7H3. The molecule has 3 heterocycles. The molecular formula is C13H26GeS3Si4. The van der Waals surface area contributed by atoms with Crippen molar-refractivity contribution in [2.45, 2.75) is 45.8 Å². The third kappa shape index (κ3) is 2.28. The van der Waals surface area contributed by atoms with Crippen LogP contribution in [-0.2, 0) is 0 Å². The van der Waals surface area contributed by atoms with Gasteiger partial charge in [0.1, 0.15) is 0 Å². The summed E-state index contributed by atoms with van der Waals surface area (Å²) in [7, 11) is 5.81. The summed E-state index contributed by atoms with van der Waals surface area (Å²) in [6.45, 7) is 15.1. The van der Waals surface area contributed by atoms with Crippen LogP contribution in [0.2, 0.25) is 45.8 Å². The molecule has 0 amide bonds. The minimum absolute atomic E-state index is 1.05. The van der Waals surface area contributed by atoms with Crippen molar-refractivity contribution >= 4 is 69.7 Å². The molecule has 0 saturated carbocycles. The van der Waals surface area contributed by atoms with E-state index in [4.69, 9.17) is 0 Å². The normalized spacial score (nSPS) is 39.2. The van der Waals surface area contributed by atoms with Gasteiger partial charge in [0.25, 0.3) is 0 Å². The Morgan fingerprint density at radius 2 is 1.05 bits per heavy atom. The topological polar surface area (TPSA) is 0 Å². The van der Waals surface area contributed by atoms with Crippen LogP contribution in [0.3, 0.4) is 0 Å². The summed E-state index contributed by atoms with van der Waals surface area (Å²) in [5, 5.41) is 0. The zero-order chi connectivity index (χ0) is 15.7. The van der Waals surface area contributed by atoms with E-state index in [-0.39, 0.29) is 0 Å². The number of benzene rings is 1. The first-order valence-corrected chi connectivity index (χ1v) is 35.5. The Labute approximate surface area is 144 Å². The van der Waals surface area contributed by atoms with Crippen molar-refractivity contribution in [3.8, 4) is 0 Å². The van der Waals surface area contributed by atoms with Crippen LogP contribution in [0.15, 0.2) is 30.3 Å². The van der Waals surface area contributed by atoms with Gasteiger partial charge in [-0.3, -0.25) is 0 Å². The molecule has 21 heavy (non-hydrogen) atoms. The Balaban J connectivity index is 2.23. The summed E-state index contributed by atoms with van der Waals surface area (Å²) in [6, 6.07) is 11.7. The van der Waals surface area contributed by atoms with Crippen LogP contribution in [-0.4, -0.2) is 36.7 Å². The zero-order valence-electron chi connectivity index (χ0n) is 14.1. The van der Waals surface area contributed by atoms with Gasteiger partial charge in [0.05, 0.1) is 0 Å². The van der Waals surface area contributed by atoms with E-state index >= 15 is 0 Å². The van der Waals surface area contributed by atoms with Gasteiger partial charge in [-0.1, -0.05) is 0 Å². The minimum atomic E-state index is -2.07. The quantitative estimate of drug-likeness (QED) is 0.539. The molecule has 3 saturated heterocycles. The van der Waals surface area contributed by atoms with E-state index in [0.717, 1.165) is 0 Å². The van der Waals surface area contributed by atoms with Crippen LogP contribution in [0.25, 0.3) is 0 Å². The number of rotatable bonds is 1. The third-order valence-electron chi connectivity index (χ3n) is 5.91. The molecule has 0 nitrogen and oxygen atoms in total. The summed E-state index contributed by atoms with van der Waals surface area (Å²) in [6.07, 6.45) is 0. The van der Waals surface area contributed by atoms with Crippen molar-refractivity contribution in [3.63, 3.8) is 0 Å². The van der Waals surface area contributed by atoms with Crippen LogP contribution < -0.4 is 4.40 Å². The maximum atomic E-state index is 2.86. The van der Waals surface area contributed by atoms with Gasteiger partial charge in [-0.05, 0) is 0 Å². The van der Waals surface area contributed by atoms with E-state index in [0.29, 0.717) is 0 Å². The molecule has 116 valence electrons. The number of fused-ring (bicyclic) bond motifs is 3. The zero-order valence-corrected chi connectivity index (χ0v) is 22.7. The van der Waals surface area contributed by atoms with Crippen molar-refractivity contribution in [1.29, 1.82) is 0 Å². The molecule has 0 spiro atoms. The first kappa shape index (κ1) is 17.5. The summed E-state index contributed by atoms with van der Waals surface area (Å²) >= 11 is 0. The monoisotopic (exact) mass is 464 g/mol. The van der Waals surface area contributed by atoms with Crippen LogP contribution >= 0.6 is 28.6 Å². The maximum absolute atomic E-state index is 2.86. The number of hydrogen-bond donors (Lipinski definition) is 0. The summed E-state index contributed by atoms with van der Waals surface area (Å²) in [5.74, 6) is 0. The average Bonchev–Trinajstić information content (AvgIpc) is 2.33. The van der Waals surface area contributed by atoms with Crippen molar-refractivity contribution in [2.75, 3.05) is 0 Å². The van der Waals surface area contributed by atoms with Crippen LogP contribution in [0.1, 0.15) is 0 Å². The molecule has 0 aliphatic carbocycles. The number of hydrogen-bond acceptors (Lipinski definition) is 3. The Kier molecular flexibility index (Phi) is 4.24. The van der Waals surface area contributed by atoms with Gasteiger partial charge in [-0.25, -0.2) is 0 Å². The first-order valence-electron chi connectivity index (χ1n) is 7.64. The second-order valence-corrected chi connectivity index (χ2v) is 87.5. The molecule has 0 aromatic heterocycles. The third-order valence-corrected chi connectivity index (χ3v) is 186. The molecule has 3 aliphatic heterocycles.